The number of hydrogen-bond acceptors (Lipinski definition) is 3. The van der Waals surface area contributed by atoms with Crippen molar-refractivity contribution in [1.82, 2.24) is 10.2 Å². The average Bonchev–Trinajstić information content (AvgIpc) is 2.55. The van der Waals surface area contributed by atoms with E-state index in [-0.39, 0.29) is 12.5 Å². The molecule has 0 aromatic carbocycles. The van der Waals surface area contributed by atoms with E-state index in [0.717, 1.165) is 26.1 Å². The predicted octanol–water partition coefficient (Wildman–Crippen LogP) is 1.46. The minimum atomic E-state index is -0.667. The summed E-state index contributed by atoms with van der Waals surface area (Å²) in [5.41, 5.74) is 0. The van der Waals surface area contributed by atoms with Gasteiger partial charge in [-0.1, -0.05) is 19.3 Å². The first-order valence-corrected chi connectivity index (χ1v) is 6.95. The Labute approximate surface area is 103 Å². The van der Waals surface area contributed by atoms with Gasteiger partial charge >= 0.3 is 5.97 Å². The molecule has 2 rings (SSSR count). The molecule has 1 aliphatic carbocycles. The fourth-order valence-electron chi connectivity index (χ4n) is 3.24. The first-order chi connectivity index (χ1) is 8.27. The highest BCUT2D eigenvalue weighted by Gasteiger charge is 2.29. The van der Waals surface area contributed by atoms with Crippen LogP contribution in [0, 0.1) is 0 Å². The molecule has 0 bridgehead atoms. The Morgan fingerprint density at radius 3 is 2.71 bits per heavy atom. The summed E-state index contributed by atoms with van der Waals surface area (Å²) in [7, 11) is 0. The van der Waals surface area contributed by atoms with Crippen molar-refractivity contribution in [2.45, 2.75) is 57.0 Å². The van der Waals surface area contributed by atoms with Crippen LogP contribution in [0.3, 0.4) is 0 Å². The summed E-state index contributed by atoms with van der Waals surface area (Å²) in [4.78, 5) is 13.4. The molecular formula is C13H24N2O2. The van der Waals surface area contributed by atoms with E-state index in [4.69, 9.17) is 5.11 Å². The molecule has 1 aliphatic heterocycles. The standard InChI is InChI=1S/C13H24N2O2/c16-13(17)9-12-10-14-7-4-8-15(12)11-5-2-1-3-6-11/h11-12,14H,1-10H2,(H,16,17). The summed E-state index contributed by atoms with van der Waals surface area (Å²) in [5.74, 6) is -0.667. The number of rotatable bonds is 3. The summed E-state index contributed by atoms with van der Waals surface area (Å²) >= 11 is 0. The molecule has 4 nitrogen and oxygen atoms in total. The third-order valence-electron chi connectivity index (χ3n) is 4.07. The Bertz CT molecular complexity index is 252. The van der Waals surface area contributed by atoms with E-state index < -0.39 is 5.97 Å². The summed E-state index contributed by atoms with van der Waals surface area (Å²) in [6, 6.07) is 0.825. The topological polar surface area (TPSA) is 52.6 Å². The van der Waals surface area contributed by atoms with Gasteiger partial charge < -0.3 is 10.4 Å². The van der Waals surface area contributed by atoms with E-state index in [9.17, 15) is 4.79 Å². The molecule has 2 aliphatic rings. The van der Waals surface area contributed by atoms with Crippen molar-refractivity contribution < 1.29 is 9.90 Å². The van der Waals surface area contributed by atoms with Gasteiger partial charge in [-0.3, -0.25) is 9.69 Å². The molecule has 2 fully saturated rings. The minimum absolute atomic E-state index is 0.193. The van der Waals surface area contributed by atoms with Crippen LogP contribution in [-0.2, 0) is 4.79 Å². The molecule has 4 heteroatoms. The first-order valence-electron chi connectivity index (χ1n) is 6.95. The Kier molecular flexibility index (Phi) is 4.80. The summed E-state index contributed by atoms with van der Waals surface area (Å²) < 4.78 is 0. The molecule has 98 valence electrons. The molecule has 0 radical (unpaired) electrons. The van der Waals surface area contributed by atoms with Crippen molar-refractivity contribution in [3.05, 3.63) is 0 Å². The van der Waals surface area contributed by atoms with Gasteiger partial charge in [-0.2, -0.15) is 0 Å². The second kappa shape index (κ2) is 6.36. The van der Waals surface area contributed by atoms with Crippen molar-refractivity contribution >= 4 is 5.97 Å². The van der Waals surface area contributed by atoms with Gasteiger partial charge in [0.1, 0.15) is 0 Å². The fourth-order valence-corrected chi connectivity index (χ4v) is 3.24. The third kappa shape index (κ3) is 3.68. The van der Waals surface area contributed by atoms with E-state index in [0.29, 0.717) is 6.04 Å². The predicted molar refractivity (Wildman–Crippen MR) is 67.1 cm³/mol. The monoisotopic (exact) mass is 240 g/mol. The zero-order valence-electron chi connectivity index (χ0n) is 10.5. The fraction of sp³-hybridized carbons (Fsp3) is 0.923. The Balaban J connectivity index is 1.99. The maximum atomic E-state index is 11.0. The lowest BCUT2D eigenvalue weighted by Gasteiger charge is -2.38. The number of nitrogens with zero attached hydrogens (tertiary/aromatic N) is 1. The van der Waals surface area contributed by atoms with Crippen LogP contribution in [0.25, 0.3) is 0 Å². The van der Waals surface area contributed by atoms with Gasteiger partial charge in [0.15, 0.2) is 0 Å². The molecule has 0 aromatic heterocycles. The van der Waals surface area contributed by atoms with Gasteiger partial charge in [0.05, 0.1) is 6.42 Å². The zero-order chi connectivity index (χ0) is 12.1. The molecule has 1 atom stereocenters. The summed E-state index contributed by atoms with van der Waals surface area (Å²) in [6.45, 7) is 2.93. The van der Waals surface area contributed by atoms with Crippen molar-refractivity contribution in [3.63, 3.8) is 0 Å². The van der Waals surface area contributed by atoms with Crippen molar-refractivity contribution in [1.29, 1.82) is 0 Å². The van der Waals surface area contributed by atoms with Crippen LogP contribution in [0.2, 0.25) is 0 Å². The molecule has 17 heavy (non-hydrogen) atoms. The lowest BCUT2D eigenvalue weighted by atomic mass is 9.92. The number of carboxylic acids is 1. The minimum Gasteiger partial charge on any atom is -0.481 e. The van der Waals surface area contributed by atoms with E-state index in [1.165, 1.54) is 32.1 Å². The largest absolute Gasteiger partial charge is 0.481 e. The van der Waals surface area contributed by atoms with Gasteiger partial charge in [0.2, 0.25) is 0 Å². The highest BCUT2D eigenvalue weighted by atomic mass is 16.4. The maximum Gasteiger partial charge on any atom is 0.304 e. The maximum absolute atomic E-state index is 11.0. The molecule has 0 amide bonds. The summed E-state index contributed by atoms with van der Waals surface area (Å²) in [5, 5.41) is 12.4. The average molecular weight is 240 g/mol. The van der Waals surface area contributed by atoms with Crippen LogP contribution in [0.5, 0.6) is 0 Å². The number of nitrogens with one attached hydrogen (secondary N) is 1. The first kappa shape index (κ1) is 12.8. The SMILES string of the molecule is O=C(O)CC1CNCCCN1C1CCCCC1. The van der Waals surface area contributed by atoms with Crippen LogP contribution >= 0.6 is 0 Å². The number of carbonyl (C=O) groups is 1. The Hall–Kier alpha value is -0.610. The van der Waals surface area contributed by atoms with Crippen molar-refractivity contribution in [2.75, 3.05) is 19.6 Å². The van der Waals surface area contributed by atoms with Crippen molar-refractivity contribution in [2.24, 2.45) is 0 Å². The van der Waals surface area contributed by atoms with E-state index in [1.54, 1.807) is 0 Å². The molecule has 1 unspecified atom stereocenters. The molecule has 1 saturated heterocycles. The lowest BCUT2D eigenvalue weighted by Crippen LogP contribution is -2.47. The van der Waals surface area contributed by atoms with Gasteiger partial charge in [0.25, 0.3) is 0 Å². The third-order valence-corrected chi connectivity index (χ3v) is 4.07. The number of carboxylic acid groups (broad SMARTS) is 1. The van der Waals surface area contributed by atoms with Crippen molar-refractivity contribution in [3.8, 4) is 0 Å². The van der Waals surface area contributed by atoms with Crippen LogP contribution in [0.1, 0.15) is 44.9 Å². The van der Waals surface area contributed by atoms with E-state index >= 15 is 0 Å². The van der Waals surface area contributed by atoms with Crippen LogP contribution in [-0.4, -0.2) is 47.7 Å². The molecule has 2 N–H and O–H groups in total. The second-order valence-electron chi connectivity index (χ2n) is 5.34. The second-order valence-corrected chi connectivity index (χ2v) is 5.34. The highest BCUT2D eigenvalue weighted by Crippen LogP contribution is 2.25. The summed E-state index contributed by atoms with van der Waals surface area (Å²) in [6.07, 6.45) is 7.93. The molecule has 1 heterocycles. The lowest BCUT2D eigenvalue weighted by molar-refractivity contribution is -0.138. The molecule has 0 aromatic rings. The zero-order valence-corrected chi connectivity index (χ0v) is 10.5. The smallest absolute Gasteiger partial charge is 0.304 e. The quantitative estimate of drug-likeness (QED) is 0.784. The van der Waals surface area contributed by atoms with Gasteiger partial charge in [0, 0.05) is 18.6 Å². The van der Waals surface area contributed by atoms with E-state index in [2.05, 4.69) is 10.2 Å². The number of aliphatic carboxylic acids is 1. The van der Waals surface area contributed by atoms with Gasteiger partial charge in [-0.15, -0.1) is 0 Å². The molecular weight excluding hydrogens is 216 g/mol. The Morgan fingerprint density at radius 1 is 1.24 bits per heavy atom. The number of hydrogen-bond donors (Lipinski definition) is 2. The van der Waals surface area contributed by atoms with Gasteiger partial charge in [-0.25, -0.2) is 0 Å². The van der Waals surface area contributed by atoms with E-state index in [1.807, 2.05) is 0 Å². The molecule has 0 spiro atoms. The Morgan fingerprint density at radius 2 is 2.00 bits per heavy atom. The van der Waals surface area contributed by atoms with Gasteiger partial charge in [-0.05, 0) is 32.4 Å². The normalized spacial score (nSPS) is 28.8. The molecule has 1 saturated carbocycles. The highest BCUT2D eigenvalue weighted by molar-refractivity contribution is 5.67. The van der Waals surface area contributed by atoms with Crippen LogP contribution < -0.4 is 5.32 Å². The van der Waals surface area contributed by atoms with Crippen LogP contribution in [0.4, 0.5) is 0 Å². The van der Waals surface area contributed by atoms with Crippen LogP contribution in [0.15, 0.2) is 0 Å².